The molecule has 0 atom stereocenters. The van der Waals surface area contributed by atoms with E-state index in [1.165, 1.54) is 0 Å². The number of pyridine rings is 1. The molecule has 2 rings (SSSR count). The van der Waals surface area contributed by atoms with Crippen molar-refractivity contribution in [2.45, 2.75) is 26.2 Å². The lowest BCUT2D eigenvalue weighted by Gasteiger charge is -2.17. The molecule has 0 aliphatic heterocycles. The molecule has 0 radical (unpaired) electrons. The first-order valence-electron chi connectivity index (χ1n) is 4.62. The van der Waals surface area contributed by atoms with Crippen LogP contribution in [0.15, 0.2) is 29.0 Å². The number of imidazole rings is 1. The quantitative estimate of drug-likeness (QED) is 0.658. The Bertz CT molecular complexity index is 466. The molecule has 0 aliphatic rings. The Morgan fingerprint density at radius 1 is 1.29 bits per heavy atom. The highest BCUT2D eigenvalue weighted by atomic mass is 79.9. The molecule has 0 aromatic carbocycles. The van der Waals surface area contributed by atoms with Crippen LogP contribution in [0, 0.1) is 0 Å². The second-order valence-electron chi connectivity index (χ2n) is 4.44. The fourth-order valence-corrected chi connectivity index (χ4v) is 2.06. The number of hydrogen-bond donors (Lipinski definition) is 0. The normalized spacial score (nSPS) is 12.3. The Morgan fingerprint density at radius 3 is 2.64 bits per heavy atom. The van der Waals surface area contributed by atoms with Gasteiger partial charge in [0.1, 0.15) is 5.82 Å². The largest absolute Gasteiger partial charge is 0.290 e. The van der Waals surface area contributed by atoms with Crippen LogP contribution in [-0.2, 0) is 5.41 Å². The topological polar surface area (TPSA) is 17.3 Å². The number of nitrogens with zero attached hydrogens (tertiary/aromatic N) is 2. The highest BCUT2D eigenvalue weighted by Crippen LogP contribution is 2.25. The summed E-state index contributed by atoms with van der Waals surface area (Å²) in [5.41, 5.74) is 1.19. The van der Waals surface area contributed by atoms with Crippen LogP contribution in [0.25, 0.3) is 5.52 Å². The maximum absolute atomic E-state index is 4.46. The summed E-state index contributed by atoms with van der Waals surface area (Å²) in [5.74, 6) is 1.08. The smallest absolute Gasteiger partial charge is 0.119 e. The first-order chi connectivity index (χ1) is 6.50. The molecule has 0 N–H and O–H groups in total. The van der Waals surface area contributed by atoms with Crippen LogP contribution < -0.4 is 0 Å². The SMILES string of the molecule is CC(C)(C)c1ncc2cccc(Br)n12. The minimum absolute atomic E-state index is 0.0658. The monoisotopic (exact) mass is 252 g/mol. The molecule has 0 saturated carbocycles. The van der Waals surface area contributed by atoms with Gasteiger partial charge in [-0.2, -0.15) is 0 Å². The lowest BCUT2D eigenvalue weighted by molar-refractivity contribution is 0.541. The van der Waals surface area contributed by atoms with Gasteiger partial charge in [-0.25, -0.2) is 4.98 Å². The van der Waals surface area contributed by atoms with E-state index in [0.717, 1.165) is 15.9 Å². The van der Waals surface area contributed by atoms with Crippen LogP contribution in [0.3, 0.4) is 0 Å². The molecule has 0 fully saturated rings. The average Bonchev–Trinajstić information content (AvgIpc) is 2.47. The van der Waals surface area contributed by atoms with Gasteiger partial charge in [-0.3, -0.25) is 4.40 Å². The van der Waals surface area contributed by atoms with Crippen molar-refractivity contribution < 1.29 is 0 Å². The number of rotatable bonds is 0. The fourth-order valence-electron chi connectivity index (χ4n) is 1.54. The third kappa shape index (κ3) is 1.46. The van der Waals surface area contributed by atoms with E-state index in [9.17, 15) is 0 Å². The minimum Gasteiger partial charge on any atom is -0.290 e. The predicted molar refractivity (Wildman–Crippen MR) is 61.6 cm³/mol. The number of halogens is 1. The highest BCUT2D eigenvalue weighted by molar-refractivity contribution is 9.10. The van der Waals surface area contributed by atoms with Crippen LogP contribution in [0.5, 0.6) is 0 Å². The zero-order valence-corrected chi connectivity index (χ0v) is 10.2. The van der Waals surface area contributed by atoms with Crippen molar-refractivity contribution >= 4 is 21.4 Å². The summed E-state index contributed by atoms with van der Waals surface area (Å²) in [6, 6.07) is 6.12. The van der Waals surface area contributed by atoms with Gasteiger partial charge in [0.25, 0.3) is 0 Å². The van der Waals surface area contributed by atoms with E-state index in [-0.39, 0.29) is 5.41 Å². The molecule has 0 amide bonds. The predicted octanol–water partition coefficient (Wildman–Crippen LogP) is 3.39. The minimum atomic E-state index is 0.0658. The van der Waals surface area contributed by atoms with Crippen molar-refractivity contribution in [3.05, 3.63) is 34.8 Å². The molecule has 0 spiro atoms. The van der Waals surface area contributed by atoms with Gasteiger partial charge in [0.05, 0.1) is 16.3 Å². The standard InChI is InChI=1S/C11H13BrN2/c1-11(2,3)10-13-7-8-5-4-6-9(12)14(8)10/h4-7H,1-3H3. The zero-order valence-electron chi connectivity index (χ0n) is 8.58. The van der Waals surface area contributed by atoms with Crippen LogP contribution in [0.2, 0.25) is 0 Å². The second-order valence-corrected chi connectivity index (χ2v) is 5.25. The summed E-state index contributed by atoms with van der Waals surface area (Å²) in [6.07, 6.45) is 1.91. The molecule has 74 valence electrons. The molecule has 2 heterocycles. The van der Waals surface area contributed by atoms with Crippen LogP contribution in [0.1, 0.15) is 26.6 Å². The molecule has 14 heavy (non-hydrogen) atoms. The van der Waals surface area contributed by atoms with Crippen LogP contribution >= 0.6 is 15.9 Å². The van der Waals surface area contributed by atoms with Crippen molar-refractivity contribution in [1.29, 1.82) is 0 Å². The zero-order chi connectivity index (χ0) is 10.3. The Hall–Kier alpha value is -0.830. The van der Waals surface area contributed by atoms with Gasteiger partial charge in [-0.1, -0.05) is 26.8 Å². The Balaban J connectivity index is 2.80. The summed E-state index contributed by atoms with van der Waals surface area (Å²) in [6.45, 7) is 6.50. The molecule has 2 aromatic rings. The lowest BCUT2D eigenvalue weighted by atomic mass is 9.96. The molecule has 0 bridgehead atoms. The Labute approximate surface area is 92.1 Å². The van der Waals surface area contributed by atoms with E-state index in [1.54, 1.807) is 0 Å². The van der Waals surface area contributed by atoms with E-state index < -0.39 is 0 Å². The summed E-state index contributed by atoms with van der Waals surface area (Å²) in [4.78, 5) is 4.46. The van der Waals surface area contributed by atoms with Crippen LogP contribution in [-0.4, -0.2) is 9.38 Å². The lowest BCUT2D eigenvalue weighted by Crippen LogP contribution is -2.16. The van der Waals surface area contributed by atoms with Gasteiger partial charge in [-0.15, -0.1) is 0 Å². The van der Waals surface area contributed by atoms with E-state index in [1.807, 2.05) is 18.3 Å². The van der Waals surface area contributed by atoms with Crippen molar-refractivity contribution in [3.8, 4) is 0 Å². The van der Waals surface area contributed by atoms with E-state index in [2.05, 4.69) is 52.2 Å². The van der Waals surface area contributed by atoms with Crippen molar-refractivity contribution in [3.63, 3.8) is 0 Å². The molecule has 3 heteroatoms. The highest BCUT2D eigenvalue weighted by Gasteiger charge is 2.20. The van der Waals surface area contributed by atoms with Gasteiger partial charge < -0.3 is 0 Å². The van der Waals surface area contributed by atoms with Crippen molar-refractivity contribution in [2.24, 2.45) is 0 Å². The second kappa shape index (κ2) is 3.09. The molecule has 0 unspecified atom stereocenters. The Kier molecular flexibility index (Phi) is 2.14. The number of fused-ring (bicyclic) bond motifs is 1. The third-order valence-electron chi connectivity index (χ3n) is 2.17. The molecular weight excluding hydrogens is 240 g/mol. The summed E-state index contributed by atoms with van der Waals surface area (Å²) >= 11 is 3.54. The molecule has 0 aliphatic carbocycles. The molecule has 2 aromatic heterocycles. The fraction of sp³-hybridized carbons (Fsp3) is 0.364. The summed E-state index contributed by atoms with van der Waals surface area (Å²) < 4.78 is 3.19. The average molecular weight is 253 g/mol. The van der Waals surface area contributed by atoms with Gasteiger partial charge in [0.2, 0.25) is 0 Å². The van der Waals surface area contributed by atoms with Crippen molar-refractivity contribution in [1.82, 2.24) is 9.38 Å². The molecule has 2 nitrogen and oxygen atoms in total. The summed E-state index contributed by atoms with van der Waals surface area (Å²) in [7, 11) is 0. The van der Waals surface area contributed by atoms with E-state index in [0.29, 0.717) is 0 Å². The van der Waals surface area contributed by atoms with Gasteiger partial charge in [0, 0.05) is 5.41 Å². The third-order valence-corrected chi connectivity index (χ3v) is 2.79. The first kappa shape index (κ1) is 9.71. The number of hydrogen-bond acceptors (Lipinski definition) is 1. The maximum Gasteiger partial charge on any atom is 0.119 e. The van der Waals surface area contributed by atoms with Gasteiger partial charge in [-0.05, 0) is 28.1 Å². The maximum atomic E-state index is 4.46. The molecule has 0 saturated heterocycles. The van der Waals surface area contributed by atoms with E-state index in [4.69, 9.17) is 0 Å². The van der Waals surface area contributed by atoms with Gasteiger partial charge in [0.15, 0.2) is 0 Å². The molecular formula is C11H13BrN2. The first-order valence-corrected chi connectivity index (χ1v) is 5.42. The summed E-state index contributed by atoms with van der Waals surface area (Å²) in [5, 5.41) is 0. The van der Waals surface area contributed by atoms with E-state index >= 15 is 0 Å². The van der Waals surface area contributed by atoms with Gasteiger partial charge >= 0.3 is 0 Å². The van der Waals surface area contributed by atoms with Crippen LogP contribution in [0.4, 0.5) is 0 Å². The van der Waals surface area contributed by atoms with Crippen molar-refractivity contribution in [2.75, 3.05) is 0 Å². The number of aromatic nitrogens is 2. The Morgan fingerprint density at radius 2 is 2.00 bits per heavy atom.